The average molecular weight is 191 g/mol. The molecule has 1 nitrogen and oxygen atoms in total. The molecule has 74 valence electrons. The topological polar surface area (TPSA) is 4.93 Å². The molecule has 0 aliphatic carbocycles. The Morgan fingerprint density at radius 1 is 1.29 bits per heavy atom. The van der Waals surface area contributed by atoms with Gasteiger partial charge in [-0.05, 0) is 36.9 Å². The van der Waals surface area contributed by atoms with Crippen molar-refractivity contribution in [3.05, 3.63) is 36.0 Å². The number of aryl methyl sites for hydroxylation is 2. The minimum absolute atomic E-state index is 0.245. The lowest BCUT2D eigenvalue weighted by molar-refractivity contribution is 0.450. The Bertz CT molecular complexity index is 431. The molecular formula is C12H14FN. The van der Waals surface area contributed by atoms with E-state index in [9.17, 15) is 4.39 Å². The highest BCUT2D eigenvalue weighted by molar-refractivity contribution is 5.80. The molecule has 1 heterocycles. The zero-order chi connectivity index (χ0) is 9.97. The molecule has 0 saturated heterocycles. The first-order chi connectivity index (χ1) is 6.81. The Hall–Kier alpha value is -1.31. The van der Waals surface area contributed by atoms with E-state index in [1.807, 2.05) is 6.20 Å². The summed E-state index contributed by atoms with van der Waals surface area (Å²) in [6.07, 6.45) is 2.62. The highest BCUT2D eigenvalue weighted by Crippen LogP contribution is 2.17. The molecule has 2 aromatic rings. The molecule has 0 N–H and O–H groups in total. The van der Waals surface area contributed by atoms with Gasteiger partial charge in [-0.1, -0.05) is 11.6 Å². The van der Waals surface area contributed by atoms with Gasteiger partial charge in [-0.25, -0.2) is 0 Å². The van der Waals surface area contributed by atoms with Gasteiger partial charge in [0.25, 0.3) is 0 Å². The predicted octanol–water partition coefficient (Wildman–Crippen LogP) is 3.31. The Balaban J connectivity index is 2.37. The summed E-state index contributed by atoms with van der Waals surface area (Å²) in [5.74, 6) is 0. The van der Waals surface area contributed by atoms with Crippen molar-refractivity contribution in [1.82, 2.24) is 4.57 Å². The van der Waals surface area contributed by atoms with Crippen molar-refractivity contribution in [3.8, 4) is 0 Å². The number of alkyl halides is 1. The number of halogens is 1. The lowest BCUT2D eigenvalue weighted by atomic mass is 10.2. The maximum atomic E-state index is 12.0. The fourth-order valence-electron chi connectivity index (χ4n) is 1.74. The second-order valence-corrected chi connectivity index (χ2v) is 3.61. The van der Waals surface area contributed by atoms with Gasteiger partial charge in [0.2, 0.25) is 0 Å². The molecule has 2 heteroatoms. The van der Waals surface area contributed by atoms with E-state index >= 15 is 0 Å². The molecular weight excluding hydrogens is 177 g/mol. The van der Waals surface area contributed by atoms with E-state index in [0.717, 1.165) is 6.54 Å². The van der Waals surface area contributed by atoms with E-state index in [-0.39, 0.29) is 6.67 Å². The summed E-state index contributed by atoms with van der Waals surface area (Å²) >= 11 is 0. The first-order valence-corrected chi connectivity index (χ1v) is 4.93. The first-order valence-electron chi connectivity index (χ1n) is 4.93. The lowest BCUT2D eigenvalue weighted by Crippen LogP contribution is -1.96. The van der Waals surface area contributed by atoms with E-state index in [2.05, 4.69) is 35.8 Å². The highest BCUT2D eigenvalue weighted by Gasteiger charge is 1.99. The molecule has 0 unspecified atom stereocenters. The summed E-state index contributed by atoms with van der Waals surface area (Å²) in [5.41, 5.74) is 2.46. The number of hydrogen-bond donors (Lipinski definition) is 0. The van der Waals surface area contributed by atoms with Crippen LogP contribution in [0.3, 0.4) is 0 Å². The summed E-state index contributed by atoms with van der Waals surface area (Å²) in [7, 11) is 0. The molecule has 1 aromatic carbocycles. The number of nitrogens with zero attached hydrogens (tertiary/aromatic N) is 1. The molecule has 14 heavy (non-hydrogen) atoms. The maximum absolute atomic E-state index is 12.0. The third-order valence-electron chi connectivity index (χ3n) is 2.46. The predicted molar refractivity (Wildman–Crippen MR) is 57.3 cm³/mol. The van der Waals surface area contributed by atoms with Gasteiger partial charge in [-0.15, -0.1) is 0 Å². The standard InChI is InChI=1S/C12H14FN/c1-10-3-4-12-11(9-10)5-8-14(12)7-2-6-13/h3-5,8-9H,2,6-7H2,1H3. The van der Waals surface area contributed by atoms with E-state index in [0.29, 0.717) is 6.42 Å². The third-order valence-corrected chi connectivity index (χ3v) is 2.46. The van der Waals surface area contributed by atoms with Crippen LogP contribution in [0.4, 0.5) is 4.39 Å². The number of rotatable bonds is 3. The molecule has 2 rings (SSSR count). The van der Waals surface area contributed by atoms with Crippen LogP contribution in [0, 0.1) is 6.92 Å². The molecule has 1 aromatic heterocycles. The van der Waals surface area contributed by atoms with Gasteiger partial charge >= 0.3 is 0 Å². The fraction of sp³-hybridized carbons (Fsp3) is 0.333. The minimum atomic E-state index is -0.245. The molecule has 0 fully saturated rings. The highest BCUT2D eigenvalue weighted by atomic mass is 19.1. The van der Waals surface area contributed by atoms with Crippen molar-refractivity contribution in [3.63, 3.8) is 0 Å². The van der Waals surface area contributed by atoms with Gasteiger partial charge in [0, 0.05) is 18.3 Å². The number of benzene rings is 1. The van der Waals surface area contributed by atoms with Gasteiger partial charge in [-0.3, -0.25) is 4.39 Å². The maximum Gasteiger partial charge on any atom is 0.0911 e. The quantitative estimate of drug-likeness (QED) is 0.701. The largest absolute Gasteiger partial charge is 0.347 e. The second kappa shape index (κ2) is 3.82. The van der Waals surface area contributed by atoms with Crippen LogP contribution in [0.1, 0.15) is 12.0 Å². The molecule has 0 amide bonds. The van der Waals surface area contributed by atoms with Crippen LogP contribution in [-0.4, -0.2) is 11.2 Å². The first kappa shape index (κ1) is 9.25. The molecule has 0 aliphatic rings. The summed E-state index contributed by atoms with van der Waals surface area (Å²) in [6.45, 7) is 2.60. The van der Waals surface area contributed by atoms with Crippen LogP contribution < -0.4 is 0 Å². The van der Waals surface area contributed by atoms with Crippen molar-refractivity contribution in [2.75, 3.05) is 6.67 Å². The summed E-state index contributed by atoms with van der Waals surface area (Å²) < 4.78 is 14.1. The van der Waals surface area contributed by atoms with Crippen molar-refractivity contribution < 1.29 is 4.39 Å². The molecule has 0 aliphatic heterocycles. The molecule has 0 saturated carbocycles. The van der Waals surface area contributed by atoms with Crippen LogP contribution in [0.15, 0.2) is 30.5 Å². The van der Waals surface area contributed by atoms with Crippen LogP contribution in [-0.2, 0) is 6.54 Å². The monoisotopic (exact) mass is 191 g/mol. The Morgan fingerprint density at radius 3 is 2.93 bits per heavy atom. The second-order valence-electron chi connectivity index (χ2n) is 3.61. The van der Waals surface area contributed by atoms with Gasteiger partial charge in [-0.2, -0.15) is 0 Å². The van der Waals surface area contributed by atoms with Crippen molar-refractivity contribution in [1.29, 1.82) is 0 Å². The summed E-state index contributed by atoms with van der Waals surface area (Å²) in [6, 6.07) is 8.43. The SMILES string of the molecule is Cc1ccc2c(ccn2CCCF)c1. The van der Waals surface area contributed by atoms with Crippen molar-refractivity contribution in [2.45, 2.75) is 19.9 Å². The zero-order valence-corrected chi connectivity index (χ0v) is 8.33. The van der Waals surface area contributed by atoms with Crippen LogP contribution in [0.2, 0.25) is 0 Å². The smallest absolute Gasteiger partial charge is 0.0911 e. The lowest BCUT2D eigenvalue weighted by Gasteiger charge is -2.03. The Morgan fingerprint density at radius 2 is 2.14 bits per heavy atom. The summed E-state index contributed by atoms with van der Waals surface area (Å²) in [5, 5.41) is 1.24. The van der Waals surface area contributed by atoms with Crippen molar-refractivity contribution in [2.24, 2.45) is 0 Å². The molecule has 0 spiro atoms. The zero-order valence-electron chi connectivity index (χ0n) is 8.33. The minimum Gasteiger partial charge on any atom is -0.347 e. The number of hydrogen-bond acceptors (Lipinski definition) is 0. The molecule has 0 atom stereocenters. The van der Waals surface area contributed by atoms with Crippen LogP contribution in [0.5, 0.6) is 0 Å². The van der Waals surface area contributed by atoms with Crippen molar-refractivity contribution >= 4 is 10.9 Å². The van der Waals surface area contributed by atoms with E-state index in [1.165, 1.54) is 16.5 Å². The normalized spacial score (nSPS) is 11.0. The summed E-state index contributed by atoms with van der Waals surface area (Å²) in [4.78, 5) is 0. The Labute approximate surface area is 83.2 Å². The van der Waals surface area contributed by atoms with E-state index < -0.39 is 0 Å². The van der Waals surface area contributed by atoms with Gasteiger partial charge in [0.1, 0.15) is 0 Å². The number of aromatic nitrogens is 1. The van der Waals surface area contributed by atoms with Crippen LogP contribution >= 0.6 is 0 Å². The molecule has 0 bridgehead atoms. The average Bonchev–Trinajstić information content (AvgIpc) is 2.57. The Kier molecular flexibility index (Phi) is 2.53. The third kappa shape index (κ3) is 1.65. The van der Waals surface area contributed by atoms with Gasteiger partial charge < -0.3 is 4.57 Å². The van der Waals surface area contributed by atoms with Crippen LogP contribution in [0.25, 0.3) is 10.9 Å². The number of fused-ring (bicyclic) bond motifs is 1. The van der Waals surface area contributed by atoms with Gasteiger partial charge in [0.15, 0.2) is 0 Å². The van der Waals surface area contributed by atoms with E-state index in [4.69, 9.17) is 0 Å². The molecule has 0 radical (unpaired) electrons. The fourth-order valence-corrected chi connectivity index (χ4v) is 1.74. The van der Waals surface area contributed by atoms with E-state index in [1.54, 1.807) is 0 Å². The van der Waals surface area contributed by atoms with Gasteiger partial charge in [0.05, 0.1) is 6.67 Å².